The second-order valence-electron chi connectivity index (χ2n) is 4.20. The summed E-state index contributed by atoms with van der Waals surface area (Å²) in [6.07, 6.45) is 8.16. The largest absolute Gasteiger partial charge is 0.255 e. The van der Waals surface area contributed by atoms with E-state index in [4.69, 9.17) is 0 Å². The molecule has 0 atom stereocenters. The second-order valence-corrected chi connectivity index (χ2v) is 4.20. The minimum atomic E-state index is 0.947. The van der Waals surface area contributed by atoms with E-state index in [1.807, 2.05) is 20.3 Å². The van der Waals surface area contributed by atoms with Crippen molar-refractivity contribution in [2.75, 3.05) is 0 Å². The van der Waals surface area contributed by atoms with Gasteiger partial charge in [-0.05, 0) is 25.3 Å². The molecule has 0 aliphatic heterocycles. The highest BCUT2D eigenvalue weighted by Crippen LogP contribution is 2.07. The first-order valence-corrected chi connectivity index (χ1v) is 5.45. The van der Waals surface area contributed by atoms with Gasteiger partial charge < -0.3 is 0 Å². The van der Waals surface area contributed by atoms with Crippen LogP contribution in [-0.4, -0.2) is 15.0 Å². The molecule has 2 heterocycles. The first kappa shape index (κ1) is 10.8. The standard InChI is InChI=1S/C12H17N4/c1-10-8-15(2)7-6-11(10)4-5-12-9-16(3)14-13-12/h6-9H,4-5H2,1-3H3/q+1. The Balaban J connectivity index is 2.04. The van der Waals surface area contributed by atoms with Crippen LogP contribution in [0.25, 0.3) is 0 Å². The van der Waals surface area contributed by atoms with E-state index in [0.29, 0.717) is 0 Å². The molecule has 0 amide bonds. The zero-order valence-corrected chi connectivity index (χ0v) is 10.0. The van der Waals surface area contributed by atoms with E-state index < -0.39 is 0 Å². The number of rotatable bonds is 3. The molecule has 0 saturated heterocycles. The smallest absolute Gasteiger partial charge is 0.171 e. The van der Waals surface area contributed by atoms with Crippen molar-refractivity contribution in [3.8, 4) is 0 Å². The summed E-state index contributed by atoms with van der Waals surface area (Å²) in [5.74, 6) is 0. The molecule has 0 N–H and O–H groups in total. The van der Waals surface area contributed by atoms with Gasteiger partial charge in [0.25, 0.3) is 0 Å². The summed E-state index contributed by atoms with van der Waals surface area (Å²) in [4.78, 5) is 0. The molecule has 0 saturated carbocycles. The molecule has 0 aromatic carbocycles. The lowest BCUT2D eigenvalue weighted by Crippen LogP contribution is -2.27. The number of pyridine rings is 1. The van der Waals surface area contributed by atoms with Gasteiger partial charge in [0.05, 0.1) is 5.69 Å². The molecule has 0 radical (unpaired) electrons. The third-order valence-electron chi connectivity index (χ3n) is 2.72. The van der Waals surface area contributed by atoms with Gasteiger partial charge in [-0.3, -0.25) is 4.68 Å². The first-order valence-electron chi connectivity index (χ1n) is 5.45. The van der Waals surface area contributed by atoms with Gasteiger partial charge in [0.2, 0.25) is 0 Å². The van der Waals surface area contributed by atoms with Crippen LogP contribution in [0.4, 0.5) is 0 Å². The van der Waals surface area contributed by atoms with Gasteiger partial charge in [0.1, 0.15) is 7.05 Å². The van der Waals surface area contributed by atoms with E-state index in [2.05, 4.69) is 40.3 Å². The van der Waals surface area contributed by atoms with E-state index in [9.17, 15) is 0 Å². The van der Waals surface area contributed by atoms with Crippen LogP contribution < -0.4 is 4.57 Å². The van der Waals surface area contributed by atoms with Crippen LogP contribution in [0.15, 0.2) is 24.7 Å². The molecule has 2 aromatic rings. The lowest BCUT2D eigenvalue weighted by molar-refractivity contribution is -0.671. The van der Waals surface area contributed by atoms with Crippen LogP contribution in [0.5, 0.6) is 0 Å². The van der Waals surface area contributed by atoms with Gasteiger partial charge >= 0.3 is 0 Å². The Morgan fingerprint density at radius 2 is 2.19 bits per heavy atom. The molecule has 84 valence electrons. The molecule has 4 nitrogen and oxygen atoms in total. The van der Waals surface area contributed by atoms with E-state index in [1.54, 1.807) is 4.68 Å². The molecule has 0 bridgehead atoms. The summed E-state index contributed by atoms with van der Waals surface area (Å²) in [5, 5.41) is 8.01. The average molecular weight is 217 g/mol. The van der Waals surface area contributed by atoms with Crippen molar-refractivity contribution in [2.45, 2.75) is 19.8 Å². The predicted molar refractivity (Wildman–Crippen MR) is 60.8 cm³/mol. The highest BCUT2D eigenvalue weighted by Gasteiger charge is 2.04. The lowest BCUT2D eigenvalue weighted by Gasteiger charge is -2.01. The van der Waals surface area contributed by atoms with Gasteiger partial charge in [0.15, 0.2) is 12.4 Å². The van der Waals surface area contributed by atoms with Crippen molar-refractivity contribution in [2.24, 2.45) is 14.1 Å². The van der Waals surface area contributed by atoms with Gasteiger partial charge in [-0.15, -0.1) is 5.10 Å². The molecule has 0 fully saturated rings. The molecule has 0 unspecified atom stereocenters. The summed E-state index contributed by atoms with van der Waals surface area (Å²) >= 11 is 0. The first-order chi connectivity index (χ1) is 7.65. The number of hydrogen-bond donors (Lipinski definition) is 0. The topological polar surface area (TPSA) is 34.6 Å². The van der Waals surface area contributed by atoms with Crippen LogP contribution in [-0.2, 0) is 26.9 Å². The number of aromatic nitrogens is 4. The quantitative estimate of drug-likeness (QED) is 0.710. The average Bonchev–Trinajstić information content (AvgIpc) is 2.63. The fourth-order valence-electron chi connectivity index (χ4n) is 1.82. The molecular weight excluding hydrogens is 200 g/mol. The highest BCUT2D eigenvalue weighted by atomic mass is 15.4. The Labute approximate surface area is 95.5 Å². The van der Waals surface area contributed by atoms with E-state index in [0.717, 1.165) is 18.5 Å². The van der Waals surface area contributed by atoms with Gasteiger partial charge in [-0.2, -0.15) is 0 Å². The Morgan fingerprint density at radius 1 is 1.38 bits per heavy atom. The summed E-state index contributed by atoms with van der Waals surface area (Å²) in [6, 6.07) is 2.17. The van der Waals surface area contributed by atoms with Crippen LogP contribution in [0.3, 0.4) is 0 Å². The highest BCUT2D eigenvalue weighted by molar-refractivity contribution is 5.20. The van der Waals surface area contributed by atoms with Gasteiger partial charge in [-0.25, -0.2) is 4.57 Å². The van der Waals surface area contributed by atoms with Crippen molar-refractivity contribution in [3.63, 3.8) is 0 Å². The SMILES string of the molecule is Cc1c[n+](C)ccc1CCc1cn(C)nn1. The summed E-state index contributed by atoms with van der Waals surface area (Å²) in [6.45, 7) is 2.14. The molecule has 16 heavy (non-hydrogen) atoms. The van der Waals surface area contributed by atoms with Crippen LogP contribution in [0, 0.1) is 6.92 Å². The zero-order valence-electron chi connectivity index (χ0n) is 10.0. The van der Waals surface area contributed by atoms with Crippen LogP contribution in [0.2, 0.25) is 0 Å². The van der Waals surface area contributed by atoms with E-state index in [1.165, 1.54) is 11.1 Å². The molecule has 4 heteroatoms. The number of hydrogen-bond acceptors (Lipinski definition) is 2. The number of nitrogens with zero attached hydrogens (tertiary/aromatic N) is 4. The lowest BCUT2D eigenvalue weighted by atomic mass is 10.1. The predicted octanol–water partition coefficient (Wildman–Crippen LogP) is 0.733. The van der Waals surface area contributed by atoms with Crippen molar-refractivity contribution in [1.82, 2.24) is 15.0 Å². The monoisotopic (exact) mass is 217 g/mol. The van der Waals surface area contributed by atoms with Crippen molar-refractivity contribution in [1.29, 1.82) is 0 Å². The molecule has 0 spiro atoms. The maximum Gasteiger partial charge on any atom is 0.171 e. The molecule has 2 rings (SSSR count). The van der Waals surface area contributed by atoms with Crippen LogP contribution >= 0.6 is 0 Å². The van der Waals surface area contributed by atoms with Crippen molar-refractivity contribution >= 4 is 0 Å². The maximum absolute atomic E-state index is 4.09. The summed E-state index contributed by atoms with van der Waals surface area (Å²) in [5.41, 5.74) is 3.76. The molecule has 0 aliphatic carbocycles. The second kappa shape index (κ2) is 4.43. The Kier molecular flexibility index (Phi) is 2.99. The van der Waals surface area contributed by atoms with Crippen molar-refractivity contribution < 1.29 is 4.57 Å². The fraction of sp³-hybridized carbons (Fsp3) is 0.417. The molecule has 2 aromatic heterocycles. The third-order valence-corrected chi connectivity index (χ3v) is 2.72. The zero-order chi connectivity index (χ0) is 11.5. The Bertz CT molecular complexity index is 488. The minimum Gasteiger partial charge on any atom is -0.255 e. The van der Waals surface area contributed by atoms with E-state index in [-0.39, 0.29) is 0 Å². The van der Waals surface area contributed by atoms with E-state index >= 15 is 0 Å². The molecular formula is C12H17N4+. The third kappa shape index (κ3) is 2.45. The van der Waals surface area contributed by atoms with Crippen molar-refractivity contribution in [3.05, 3.63) is 41.5 Å². The molecule has 0 aliphatic rings. The maximum atomic E-state index is 4.09. The van der Waals surface area contributed by atoms with Gasteiger partial charge in [0, 0.05) is 24.9 Å². The van der Waals surface area contributed by atoms with Gasteiger partial charge in [-0.1, -0.05) is 5.21 Å². The fourth-order valence-corrected chi connectivity index (χ4v) is 1.82. The Morgan fingerprint density at radius 3 is 2.81 bits per heavy atom. The number of aryl methyl sites for hydroxylation is 5. The summed E-state index contributed by atoms with van der Waals surface area (Å²) < 4.78 is 3.81. The van der Waals surface area contributed by atoms with Crippen LogP contribution in [0.1, 0.15) is 16.8 Å². The Hall–Kier alpha value is -1.71. The summed E-state index contributed by atoms with van der Waals surface area (Å²) in [7, 11) is 3.93. The minimum absolute atomic E-state index is 0.947. The normalized spacial score (nSPS) is 10.7.